The van der Waals surface area contributed by atoms with Crippen LogP contribution in [0.4, 0.5) is 0 Å². The van der Waals surface area contributed by atoms with E-state index in [4.69, 9.17) is 15.7 Å². The summed E-state index contributed by atoms with van der Waals surface area (Å²) in [5.74, 6) is 0.350. The molecule has 0 unspecified atom stereocenters. The molecule has 0 saturated heterocycles. The van der Waals surface area contributed by atoms with Gasteiger partial charge >= 0.3 is 0 Å². The van der Waals surface area contributed by atoms with Gasteiger partial charge in [-0.1, -0.05) is 5.16 Å². The summed E-state index contributed by atoms with van der Waals surface area (Å²) in [5, 5.41) is 11.7. The average Bonchev–Trinajstić information content (AvgIpc) is 2.35. The second kappa shape index (κ2) is 5.68. The van der Waals surface area contributed by atoms with Crippen molar-refractivity contribution in [2.24, 2.45) is 10.9 Å². The fraction of sp³-hybridized carbons (Fsp3) is 0.500. The molecule has 1 aromatic rings. The minimum absolute atomic E-state index is 0.0132. The van der Waals surface area contributed by atoms with Gasteiger partial charge in [0.15, 0.2) is 5.84 Å². The lowest BCUT2D eigenvalue weighted by Crippen LogP contribution is -2.43. The third-order valence-corrected chi connectivity index (χ3v) is 2.93. The number of aromatic nitrogens is 1. The second-order valence-corrected chi connectivity index (χ2v) is 4.84. The fourth-order valence-corrected chi connectivity index (χ4v) is 1.13. The predicted octanol–water partition coefficient (Wildman–Crippen LogP) is 0.895. The molecule has 1 heterocycles. The molecule has 0 atom stereocenters. The zero-order valence-corrected chi connectivity index (χ0v) is 11.2. The number of ether oxygens (including phenoxy) is 1. The molecule has 6 heteroatoms. The lowest BCUT2D eigenvalue weighted by Gasteiger charge is -2.32. The van der Waals surface area contributed by atoms with Gasteiger partial charge in [-0.25, -0.2) is 4.98 Å². The quantitative estimate of drug-likeness (QED) is 0.352. The highest BCUT2D eigenvalue weighted by molar-refractivity contribution is 5.98. The van der Waals surface area contributed by atoms with Crippen LogP contribution in [0.1, 0.15) is 19.4 Å². The van der Waals surface area contributed by atoms with Crippen molar-refractivity contribution in [3.63, 3.8) is 0 Å². The SMILES string of the molecule is CN(C)C(C)(C)COc1ncccc1C(N)=NO. The third kappa shape index (κ3) is 3.33. The Hall–Kier alpha value is -1.82. The van der Waals surface area contributed by atoms with Crippen LogP contribution in [0.5, 0.6) is 5.88 Å². The minimum atomic E-state index is -0.139. The summed E-state index contributed by atoms with van der Waals surface area (Å²) in [6.07, 6.45) is 1.60. The average molecular weight is 252 g/mol. The van der Waals surface area contributed by atoms with Crippen molar-refractivity contribution in [3.8, 4) is 5.88 Å². The van der Waals surface area contributed by atoms with E-state index in [1.165, 1.54) is 0 Å². The van der Waals surface area contributed by atoms with Gasteiger partial charge in [-0.15, -0.1) is 0 Å². The molecule has 0 aromatic carbocycles. The molecule has 1 aromatic heterocycles. The van der Waals surface area contributed by atoms with Crippen LogP contribution in [0.15, 0.2) is 23.5 Å². The van der Waals surface area contributed by atoms with Gasteiger partial charge < -0.3 is 20.6 Å². The van der Waals surface area contributed by atoms with Gasteiger partial charge in [0.25, 0.3) is 0 Å². The van der Waals surface area contributed by atoms with Crippen molar-refractivity contribution in [1.29, 1.82) is 0 Å². The molecule has 0 radical (unpaired) electrons. The van der Waals surface area contributed by atoms with E-state index in [-0.39, 0.29) is 11.4 Å². The summed E-state index contributed by atoms with van der Waals surface area (Å²) in [4.78, 5) is 6.15. The Morgan fingerprint density at radius 1 is 1.56 bits per heavy atom. The van der Waals surface area contributed by atoms with E-state index in [1.807, 2.05) is 14.1 Å². The van der Waals surface area contributed by atoms with Crippen LogP contribution in [0, 0.1) is 0 Å². The van der Waals surface area contributed by atoms with Gasteiger partial charge in [0.05, 0.1) is 5.56 Å². The molecule has 100 valence electrons. The molecule has 3 N–H and O–H groups in total. The van der Waals surface area contributed by atoms with E-state index in [1.54, 1.807) is 18.3 Å². The number of hydrogen-bond donors (Lipinski definition) is 2. The van der Waals surface area contributed by atoms with Crippen molar-refractivity contribution in [3.05, 3.63) is 23.9 Å². The summed E-state index contributed by atoms with van der Waals surface area (Å²) >= 11 is 0. The van der Waals surface area contributed by atoms with Crippen LogP contribution in [0.2, 0.25) is 0 Å². The maximum absolute atomic E-state index is 8.70. The zero-order chi connectivity index (χ0) is 13.8. The molecule has 0 spiro atoms. The van der Waals surface area contributed by atoms with Crippen LogP contribution in [-0.2, 0) is 0 Å². The lowest BCUT2D eigenvalue weighted by molar-refractivity contribution is 0.111. The van der Waals surface area contributed by atoms with E-state index in [2.05, 4.69) is 28.9 Å². The largest absolute Gasteiger partial charge is 0.475 e. The smallest absolute Gasteiger partial charge is 0.224 e. The van der Waals surface area contributed by atoms with Crippen LogP contribution in [0.3, 0.4) is 0 Å². The van der Waals surface area contributed by atoms with Crippen LogP contribution in [-0.4, -0.2) is 47.2 Å². The molecular formula is C12H20N4O2. The number of likely N-dealkylation sites (N-methyl/N-ethyl adjacent to an activating group) is 1. The summed E-state index contributed by atoms with van der Waals surface area (Å²) in [5.41, 5.74) is 5.91. The molecule has 0 amide bonds. The summed E-state index contributed by atoms with van der Waals surface area (Å²) in [6, 6.07) is 3.40. The Morgan fingerprint density at radius 2 is 2.22 bits per heavy atom. The first-order chi connectivity index (χ1) is 8.38. The number of rotatable bonds is 5. The highest BCUT2D eigenvalue weighted by Gasteiger charge is 2.22. The van der Waals surface area contributed by atoms with Gasteiger partial charge in [0.1, 0.15) is 6.61 Å². The van der Waals surface area contributed by atoms with Crippen LogP contribution < -0.4 is 10.5 Å². The maximum atomic E-state index is 8.70. The molecule has 0 bridgehead atoms. The molecular weight excluding hydrogens is 232 g/mol. The molecule has 18 heavy (non-hydrogen) atoms. The normalized spacial score (nSPS) is 12.8. The van der Waals surface area contributed by atoms with E-state index < -0.39 is 0 Å². The Labute approximate surface area is 107 Å². The third-order valence-electron chi connectivity index (χ3n) is 2.93. The van der Waals surface area contributed by atoms with Crippen molar-refractivity contribution >= 4 is 5.84 Å². The molecule has 0 saturated carbocycles. The monoisotopic (exact) mass is 252 g/mol. The standard InChI is InChI=1S/C12H20N4O2/c1-12(2,16(3)4)8-18-11-9(10(13)15-17)6-5-7-14-11/h5-7,17H,8H2,1-4H3,(H2,13,15). The first-order valence-electron chi connectivity index (χ1n) is 5.61. The van der Waals surface area contributed by atoms with Crippen molar-refractivity contribution < 1.29 is 9.94 Å². The van der Waals surface area contributed by atoms with Gasteiger partial charge in [-0.3, -0.25) is 0 Å². The van der Waals surface area contributed by atoms with Crippen molar-refractivity contribution in [2.45, 2.75) is 19.4 Å². The number of hydrogen-bond acceptors (Lipinski definition) is 5. The number of pyridine rings is 1. The second-order valence-electron chi connectivity index (χ2n) is 4.84. The lowest BCUT2D eigenvalue weighted by atomic mass is 10.1. The van der Waals surface area contributed by atoms with Crippen LogP contribution >= 0.6 is 0 Å². The summed E-state index contributed by atoms with van der Waals surface area (Å²) in [6.45, 7) is 4.56. The van der Waals surface area contributed by atoms with Crippen molar-refractivity contribution in [2.75, 3.05) is 20.7 Å². The van der Waals surface area contributed by atoms with Gasteiger partial charge in [-0.2, -0.15) is 0 Å². The fourth-order valence-electron chi connectivity index (χ4n) is 1.13. The first kappa shape index (κ1) is 14.2. The molecule has 1 rings (SSSR count). The summed E-state index contributed by atoms with van der Waals surface area (Å²) < 4.78 is 5.66. The number of amidine groups is 1. The summed E-state index contributed by atoms with van der Waals surface area (Å²) in [7, 11) is 3.96. The number of oxime groups is 1. The van der Waals surface area contributed by atoms with Gasteiger partial charge in [0.2, 0.25) is 5.88 Å². The van der Waals surface area contributed by atoms with Gasteiger partial charge in [0, 0.05) is 11.7 Å². The highest BCUT2D eigenvalue weighted by atomic mass is 16.5. The van der Waals surface area contributed by atoms with E-state index in [0.29, 0.717) is 18.1 Å². The van der Waals surface area contributed by atoms with Crippen LogP contribution in [0.25, 0.3) is 0 Å². The number of nitrogens with two attached hydrogens (primary N) is 1. The number of nitrogens with zero attached hydrogens (tertiary/aromatic N) is 3. The molecule has 0 aliphatic heterocycles. The van der Waals surface area contributed by atoms with Gasteiger partial charge in [-0.05, 0) is 40.1 Å². The molecule has 0 fully saturated rings. The Balaban J connectivity index is 2.86. The van der Waals surface area contributed by atoms with E-state index in [0.717, 1.165) is 0 Å². The first-order valence-corrected chi connectivity index (χ1v) is 5.61. The predicted molar refractivity (Wildman–Crippen MR) is 70.0 cm³/mol. The Morgan fingerprint density at radius 3 is 2.78 bits per heavy atom. The highest BCUT2D eigenvalue weighted by Crippen LogP contribution is 2.17. The Bertz CT molecular complexity index is 430. The molecule has 0 aliphatic carbocycles. The zero-order valence-electron chi connectivity index (χ0n) is 11.2. The van der Waals surface area contributed by atoms with E-state index in [9.17, 15) is 0 Å². The maximum Gasteiger partial charge on any atom is 0.224 e. The Kier molecular flexibility index (Phi) is 4.49. The molecule has 0 aliphatic rings. The topological polar surface area (TPSA) is 84.0 Å². The van der Waals surface area contributed by atoms with E-state index >= 15 is 0 Å². The minimum Gasteiger partial charge on any atom is -0.475 e. The van der Waals surface area contributed by atoms with Crippen molar-refractivity contribution in [1.82, 2.24) is 9.88 Å². The molecule has 6 nitrogen and oxygen atoms in total.